The van der Waals surface area contributed by atoms with Crippen LogP contribution in [0.3, 0.4) is 0 Å². The molecule has 38 heavy (non-hydrogen) atoms. The van der Waals surface area contributed by atoms with E-state index in [0.29, 0.717) is 22.8 Å². The average Bonchev–Trinajstić information content (AvgIpc) is 2.93. The number of nitrogens with zero attached hydrogens (tertiary/aromatic N) is 2. The van der Waals surface area contributed by atoms with Gasteiger partial charge in [-0.1, -0.05) is 88.4 Å². The van der Waals surface area contributed by atoms with Crippen molar-refractivity contribution in [3.8, 4) is 0 Å². The molecule has 0 heterocycles. The molecule has 0 unspecified atom stereocenters. The minimum absolute atomic E-state index is 0.000126. The Bertz CT molecular complexity index is 1380. The van der Waals surface area contributed by atoms with Gasteiger partial charge in [0.25, 0.3) is 11.8 Å². The maximum Gasteiger partial charge on any atom is 0.256 e. The van der Waals surface area contributed by atoms with Crippen LogP contribution >= 0.6 is 0 Å². The molecule has 0 radical (unpaired) electrons. The number of amides is 2. The second-order valence-corrected chi connectivity index (χ2v) is 9.59. The molecular formula is C32H32N4O2. The van der Waals surface area contributed by atoms with Crippen LogP contribution < -0.4 is 10.6 Å². The van der Waals surface area contributed by atoms with E-state index in [1.54, 1.807) is 24.3 Å². The lowest BCUT2D eigenvalue weighted by atomic mass is 10.1. The summed E-state index contributed by atoms with van der Waals surface area (Å²) in [4.78, 5) is 35.3. The summed E-state index contributed by atoms with van der Waals surface area (Å²) in [6.45, 7) is 7.98. The predicted molar refractivity (Wildman–Crippen MR) is 156 cm³/mol. The second kappa shape index (κ2) is 12.1. The summed E-state index contributed by atoms with van der Waals surface area (Å²) in [5.41, 5.74) is 2.62. The lowest BCUT2D eigenvalue weighted by Gasteiger charge is -2.15. The van der Waals surface area contributed by atoms with Crippen LogP contribution in [0.2, 0.25) is 0 Å². The van der Waals surface area contributed by atoms with E-state index in [4.69, 9.17) is 9.98 Å². The third-order valence-corrected chi connectivity index (χ3v) is 6.01. The van der Waals surface area contributed by atoms with Gasteiger partial charge in [-0.05, 0) is 36.4 Å². The van der Waals surface area contributed by atoms with Crippen molar-refractivity contribution in [3.05, 3.63) is 108 Å². The van der Waals surface area contributed by atoms with E-state index in [2.05, 4.69) is 10.6 Å². The second-order valence-electron chi connectivity index (χ2n) is 9.59. The third-order valence-electron chi connectivity index (χ3n) is 6.01. The topological polar surface area (TPSA) is 82.9 Å². The molecule has 0 aliphatic heterocycles. The zero-order valence-electron chi connectivity index (χ0n) is 22.1. The van der Waals surface area contributed by atoms with Crippen LogP contribution in [0.25, 0.3) is 10.8 Å². The molecule has 0 fully saturated rings. The molecule has 2 amide bonds. The van der Waals surface area contributed by atoms with Crippen molar-refractivity contribution in [2.24, 2.45) is 21.8 Å². The summed E-state index contributed by atoms with van der Waals surface area (Å²) in [7, 11) is 0. The van der Waals surface area contributed by atoms with Crippen LogP contribution in [-0.4, -0.2) is 23.5 Å². The Morgan fingerprint density at radius 2 is 0.895 bits per heavy atom. The van der Waals surface area contributed by atoms with Gasteiger partial charge in [-0.25, -0.2) is 9.98 Å². The number of fused-ring (bicyclic) bond motifs is 1. The molecular weight excluding hydrogens is 472 g/mol. The largest absolute Gasteiger partial charge is 0.310 e. The Kier molecular flexibility index (Phi) is 8.44. The fraction of sp³-hybridized carbons (Fsp3) is 0.188. The molecule has 0 bridgehead atoms. The maximum absolute atomic E-state index is 12.8. The normalized spacial score (nSPS) is 12.2. The molecule has 4 aromatic rings. The van der Waals surface area contributed by atoms with Crippen LogP contribution in [-0.2, 0) is 0 Å². The predicted octanol–water partition coefficient (Wildman–Crippen LogP) is 7.07. The van der Waals surface area contributed by atoms with Crippen LogP contribution in [0.15, 0.2) is 107 Å². The van der Waals surface area contributed by atoms with Crippen LogP contribution in [0.4, 0.5) is 11.4 Å². The molecule has 192 valence electrons. The number of hydrogen-bond acceptors (Lipinski definition) is 4. The summed E-state index contributed by atoms with van der Waals surface area (Å²) < 4.78 is 0. The first kappa shape index (κ1) is 26.5. The van der Waals surface area contributed by atoms with E-state index in [0.717, 1.165) is 22.1 Å². The van der Waals surface area contributed by atoms with Crippen molar-refractivity contribution in [3.63, 3.8) is 0 Å². The van der Waals surface area contributed by atoms with Crippen LogP contribution in [0.5, 0.6) is 0 Å². The van der Waals surface area contributed by atoms with Crippen molar-refractivity contribution >= 4 is 45.6 Å². The summed E-state index contributed by atoms with van der Waals surface area (Å²) in [5.74, 6) is 0.773. The van der Waals surface area contributed by atoms with Crippen molar-refractivity contribution < 1.29 is 9.59 Å². The zero-order chi connectivity index (χ0) is 27.1. The van der Waals surface area contributed by atoms with Gasteiger partial charge < -0.3 is 10.6 Å². The lowest BCUT2D eigenvalue weighted by Crippen LogP contribution is -2.33. The van der Waals surface area contributed by atoms with E-state index < -0.39 is 0 Å². The summed E-state index contributed by atoms with van der Waals surface area (Å²) >= 11 is 0. The van der Waals surface area contributed by atoms with E-state index in [-0.39, 0.29) is 23.7 Å². The quantitative estimate of drug-likeness (QED) is 0.217. The highest BCUT2D eigenvalue weighted by atomic mass is 16.2. The number of aliphatic imine (C=N–C) groups is 2. The Balaban J connectivity index is 1.69. The van der Waals surface area contributed by atoms with Gasteiger partial charge in [-0.3, -0.25) is 9.59 Å². The molecule has 0 spiro atoms. The fourth-order valence-electron chi connectivity index (χ4n) is 3.89. The molecule has 0 aliphatic rings. The molecule has 6 nitrogen and oxygen atoms in total. The summed E-state index contributed by atoms with van der Waals surface area (Å²) in [5, 5.41) is 7.76. The number of amidine groups is 2. The Hall–Kier alpha value is -4.58. The first-order chi connectivity index (χ1) is 18.3. The molecule has 0 aliphatic carbocycles. The lowest BCUT2D eigenvalue weighted by molar-refractivity contribution is 0.0967. The molecule has 2 N–H and O–H groups in total. The Labute approximate surface area is 223 Å². The molecule has 4 aromatic carbocycles. The summed E-state index contributed by atoms with van der Waals surface area (Å²) in [6.07, 6.45) is 0. The highest BCUT2D eigenvalue weighted by Gasteiger charge is 2.15. The van der Waals surface area contributed by atoms with E-state index in [1.165, 1.54) is 0 Å². The molecule has 0 aromatic heterocycles. The highest BCUT2D eigenvalue weighted by Crippen LogP contribution is 2.33. The number of benzene rings is 4. The fourth-order valence-corrected chi connectivity index (χ4v) is 3.89. The molecule has 4 rings (SSSR count). The van der Waals surface area contributed by atoms with Gasteiger partial charge in [0, 0.05) is 33.7 Å². The van der Waals surface area contributed by atoms with Gasteiger partial charge in [0.2, 0.25) is 0 Å². The number of nitrogens with one attached hydrogen (secondary N) is 2. The van der Waals surface area contributed by atoms with E-state index in [9.17, 15) is 9.59 Å². The third kappa shape index (κ3) is 6.40. The maximum atomic E-state index is 12.8. The van der Waals surface area contributed by atoms with Gasteiger partial charge in [0.05, 0.1) is 11.4 Å². The minimum Gasteiger partial charge on any atom is -0.310 e. The number of carbonyl (C=O) groups excluding carboxylic acids is 2. The van der Waals surface area contributed by atoms with Crippen molar-refractivity contribution in [1.82, 2.24) is 10.6 Å². The first-order valence-corrected chi connectivity index (χ1v) is 12.7. The standard InChI is InChI=1S/C32H32N4O2/c1-21(2)29(35-31(37)23-13-7-5-8-14-23)33-27-19-11-18-26-25(27)17-12-20-28(26)34-30(22(3)4)36-32(38)24-15-9-6-10-16-24/h5-22H,1-4H3,(H,33,35,37)(H,34,36,38). The monoisotopic (exact) mass is 504 g/mol. The van der Waals surface area contributed by atoms with Gasteiger partial charge in [-0.2, -0.15) is 0 Å². The Morgan fingerprint density at radius 3 is 1.24 bits per heavy atom. The summed E-state index contributed by atoms with van der Waals surface area (Å²) in [6, 6.07) is 29.9. The Morgan fingerprint density at radius 1 is 0.526 bits per heavy atom. The number of hydrogen-bond donors (Lipinski definition) is 2. The van der Waals surface area contributed by atoms with Gasteiger partial charge >= 0.3 is 0 Å². The van der Waals surface area contributed by atoms with Gasteiger partial charge in [-0.15, -0.1) is 0 Å². The molecule has 0 saturated carbocycles. The zero-order valence-corrected chi connectivity index (χ0v) is 22.1. The minimum atomic E-state index is -0.195. The molecule has 0 saturated heterocycles. The van der Waals surface area contributed by atoms with Crippen LogP contribution in [0, 0.1) is 11.8 Å². The van der Waals surface area contributed by atoms with Crippen molar-refractivity contribution in [2.75, 3.05) is 0 Å². The smallest absolute Gasteiger partial charge is 0.256 e. The first-order valence-electron chi connectivity index (χ1n) is 12.7. The molecule has 6 heteroatoms. The van der Waals surface area contributed by atoms with Crippen molar-refractivity contribution in [2.45, 2.75) is 27.7 Å². The van der Waals surface area contributed by atoms with Gasteiger partial charge in [0.1, 0.15) is 11.7 Å². The van der Waals surface area contributed by atoms with Crippen LogP contribution in [0.1, 0.15) is 48.4 Å². The SMILES string of the molecule is CC(C)C(=Nc1cccc2c(N=C(NC(=O)c3ccccc3)C(C)C)cccc12)NC(=O)c1ccccc1. The van der Waals surface area contributed by atoms with Gasteiger partial charge in [0.15, 0.2) is 0 Å². The van der Waals surface area contributed by atoms with Crippen molar-refractivity contribution in [1.29, 1.82) is 0 Å². The van der Waals surface area contributed by atoms with E-state index >= 15 is 0 Å². The average molecular weight is 505 g/mol. The molecule has 0 atom stereocenters. The highest BCUT2D eigenvalue weighted by molar-refractivity contribution is 6.10. The number of carbonyl (C=O) groups is 2. The number of rotatable bonds is 6. The van der Waals surface area contributed by atoms with E-state index in [1.807, 2.05) is 100 Å².